The van der Waals surface area contributed by atoms with Crippen LogP contribution in [0, 0.1) is 5.92 Å². The van der Waals surface area contributed by atoms with E-state index in [0.717, 1.165) is 36.8 Å². The molecule has 3 aromatic rings. The molecule has 1 aromatic heterocycles. The number of nitrogens with one attached hydrogen (secondary N) is 1. The molecule has 7 nitrogen and oxygen atoms in total. The Morgan fingerprint density at radius 1 is 1.09 bits per heavy atom. The number of benzene rings is 2. The maximum absolute atomic E-state index is 13.3. The fourth-order valence-corrected chi connectivity index (χ4v) is 6.08. The van der Waals surface area contributed by atoms with Crippen LogP contribution in [0.5, 0.6) is 0 Å². The number of nitrogens with zero attached hydrogens (tertiary/aromatic N) is 3. The lowest BCUT2D eigenvalue weighted by atomic mass is 9.99. The molecule has 0 atom stereocenters. The summed E-state index contributed by atoms with van der Waals surface area (Å²) < 4.78 is 27.8. The zero-order chi connectivity index (χ0) is 24.0. The molecule has 0 aliphatic carbocycles. The second kappa shape index (κ2) is 11.2. The normalized spacial score (nSPS) is 15.5. The molecule has 0 bridgehead atoms. The van der Waals surface area contributed by atoms with Crippen LogP contribution in [0.25, 0.3) is 0 Å². The highest BCUT2D eigenvalue weighted by Gasteiger charge is 2.27. The van der Waals surface area contributed by atoms with Gasteiger partial charge in [0.25, 0.3) is 0 Å². The first-order valence-corrected chi connectivity index (χ1v) is 13.8. The predicted octanol–water partition coefficient (Wildman–Crippen LogP) is 4.20. The minimum Gasteiger partial charge on any atom is -0.301 e. The number of thiazole rings is 1. The van der Waals surface area contributed by atoms with Crippen LogP contribution in [0.4, 0.5) is 5.13 Å². The molecule has 0 spiro atoms. The van der Waals surface area contributed by atoms with Crippen molar-refractivity contribution in [2.45, 2.75) is 37.8 Å². The molecule has 9 heteroatoms. The van der Waals surface area contributed by atoms with Crippen LogP contribution in [0.1, 0.15) is 31.0 Å². The average Bonchev–Trinajstić information content (AvgIpc) is 3.28. The van der Waals surface area contributed by atoms with E-state index in [0.29, 0.717) is 5.13 Å². The second-order valence-electron chi connectivity index (χ2n) is 8.72. The van der Waals surface area contributed by atoms with Crippen molar-refractivity contribution in [1.82, 2.24) is 14.2 Å². The maximum Gasteiger partial charge on any atom is 0.243 e. The molecule has 1 aliphatic heterocycles. The number of amides is 1. The van der Waals surface area contributed by atoms with E-state index in [4.69, 9.17) is 0 Å². The number of sulfonamides is 1. The summed E-state index contributed by atoms with van der Waals surface area (Å²) in [5, 5.41) is 5.23. The maximum atomic E-state index is 13.3. The quantitative estimate of drug-likeness (QED) is 0.478. The van der Waals surface area contributed by atoms with Crippen molar-refractivity contribution >= 4 is 32.4 Å². The van der Waals surface area contributed by atoms with Crippen molar-refractivity contribution in [3.05, 3.63) is 77.3 Å². The Labute approximate surface area is 205 Å². The minimum atomic E-state index is -3.86. The number of hydrogen-bond donors (Lipinski definition) is 1. The molecular formula is C25H30N4O3S2. The highest BCUT2D eigenvalue weighted by molar-refractivity contribution is 7.89. The van der Waals surface area contributed by atoms with Gasteiger partial charge in [-0.05, 0) is 49.5 Å². The largest absolute Gasteiger partial charge is 0.301 e. The summed E-state index contributed by atoms with van der Waals surface area (Å²) in [6.07, 6.45) is 2.39. The molecule has 0 saturated carbocycles. The van der Waals surface area contributed by atoms with Gasteiger partial charge in [-0.3, -0.25) is 9.69 Å². The summed E-state index contributed by atoms with van der Waals surface area (Å²) in [6, 6.07) is 17.5. The number of hydrogen-bond acceptors (Lipinski definition) is 6. The highest BCUT2D eigenvalue weighted by Crippen LogP contribution is 2.22. The van der Waals surface area contributed by atoms with Crippen molar-refractivity contribution in [2.75, 3.05) is 25.0 Å². The lowest BCUT2D eigenvalue weighted by Crippen LogP contribution is -2.37. The number of aromatic nitrogens is 1. The minimum absolute atomic E-state index is 0.0992. The third-order valence-corrected chi connectivity index (χ3v) is 8.58. The molecule has 180 valence electrons. The summed E-state index contributed by atoms with van der Waals surface area (Å²) in [6.45, 7) is 4.97. The number of likely N-dealkylation sites (tertiary alicyclic amines) is 1. The zero-order valence-electron chi connectivity index (χ0n) is 19.3. The van der Waals surface area contributed by atoms with Gasteiger partial charge < -0.3 is 5.32 Å². The number of piperidine rings is 1. The molecule has 1 amide bonds. The monoisotopic (exact) mass is 498 g/mol. The van der Waals surface area contributed by atoms with Gasteiger partial charge in [-0.2, -0.15) is 4.31 Å². The van der Waals surface area contributed by atoms with Gasteiger partial charge in [0, 0.05) is 18.5 Å². The third-order valence-electron chi connectivity index (χ3n) is 5.96. The number of carbonyl (C=O) groups excluding carboxylic acids is 1. The van der Waals surface area contributed by atoms with Gasteiger partial charge in [0.05, 0.1) is 17.1 Å². The first kappa shape index (κ1) is 24.5. The Bertz CT molecular complexity index is 1180. The Morgan fingerprint density at radius 2 is 1.74 bits per heavy atom. The predicted molar refractivity (Wildman–Crippen MR) is 135 cm³/mol. The molecule has 2 aromatic carbocycles. The summed E-state index contributed by atoms with van der Waals surface area (Å²) in [5.74, 6) is 0.357. The van der Waals surface area contributed by atoms with Gasteiger partial charge in [0.15, 0.2) is 5.13 Å². The first-order chi connectivity index (χ1) is 16.4. The molecule has 4 rings (SSSR count). The standard InChI is InChI=1S/C25H30N4O3S2/c1-20-12-14-28(15-13-20)17-22-19-33-25(26-22)27-24(30)18-29(16-21-8-4-2-5-9-21)34(31,32)23-10-6-3-7-11-23/h2-11,19-20H,12-18H2,1H3,(H,26,27,30). The molecule has 1 aliphatic rings. The van der Waals surface area contributed by atoms with Crippen molar-refractivity contribution in [3.63, 3.8) is 0 Å². The second-order valence-corrected chi connectivity index (χ2v) is 11.5. The fraction of sp³-hybridized carbons (Fsp3) is 0.360. The van der Waals surface area contributed by atoms with Crippen LogP contribution in [-0.4, -0.2) is 48.1 Å². The van der Waals surface area contributed by atoms with Gasteiger partial charge in [0.1, 0.15) is 0 Å². The Hall–Kier alpha value is -2.59. The van der Waals surface area contributed by atoms with Crippen molar-refractivity contribution in [3.8, 4) is 0 Å². The van der Waals surface area contributed by atoms with Crippen molar-refractivity contribution in [2.24, 2.45) is 5.92 Å². The molecule has 1 N–H and O–H groups in total. The van der Waals surface area contributed by atoms with Gasteiger partial charge in [-0.15, -0.1) is 11.3 Å². The lowest BCUT2D eigenvalue weighted by molar-refractivity contribution is -0.116. The lowest BCUT2D eigenvalue weighted by Gasteiger charge is -2.29. The third kappa shape index (κ3) is 6.50. The van der Waals surface area contributed by atoms with E-state index in [-0.39, 0.29) is 18.0 Å². The number of rotatable bonds is 9. The first-order valence-electron chi connectivity index (χ1n) is 11.5. The van der Waals surface area contributed by atoms with Crippen LogP contribution in [0.3, 0.4) is 0 Å². The van der Waals surface area contributed by atoms with Gasteiger partial charge >= 0.3 is 0 Å². The molecule has 1 fully saturated rings. The van der Waals surface area contributed by atoms with E-state index in [9.17, 15) is 13.2 Å². The fourth-order valence-electron chi connectivity index (χ4n) is 3.96. The number of carbonyl (C=O) groups is 1. The van der Waals surface area contributed by atoms with E-state index < -0.39 is 15.9 Å². The molecule has 0 unspecified atom stereocenters. The van der Waals surface area contributed by atoms with Crippen LogP contribution >= 0.6 is 11.3 Å². The van der Waals surface area contributed by atoms with Crippen LogP contribution in [-0.2, 0) is 27.9 Å². The van der Waals surface area contributed by atoms with Crippen molar-refractivity contribution in [1.29, 1.82) is 0 Å². The summed E-state index contributed by atoms with van der Waals surface area (Å²) in [7, 11) is -3.86. The Kier molecular flexibility index (Phi) is 8.10. The molecule has 0 radical (unpaired) electrons. The van der Waals surface area contributed by atoms with Gasteiger partial charge in [-0.1, -0.05) is 55.5 Å². The van der Waals surface area contributed by atoms with Crippen LogP contribution in [0.2, 0.25) is 0 Å². The van der Waals surface area contributed by atoms with Gasteiger partial charge in [0.2, 0.25) is 15.9 Å². The summed E-state index contributed by atoms with van der Waals surface area (Å²) in [4.78, 5) is 20.0. The van der Waals surface area contributed by atoms with E-state index in [1.54, 1.807) is 30.3 Å². The van der Waals surface area contributed by atoms with Crippen molar-refractivity contribution < 1.29 is 13.2 Å². The smallest absolute Gasteiger partial charge is 0.243 e. The van der Waals surface area contributed by atoms with E-state index in [2.05, 4.69) is 22.1 Å². The highest BCUT2D eigenvalue weighted by atomic mass is 32.2. The Balaban J connectivity index is 1.43. The molecular weight excluding hydrogens is 468 g/mol. The summed E-state index contributed by atoms with van der Waals surface area (Å²) >= 11 is 1.36. The molecule has 1 saturated heterocycles. The van der Waals surface area contributed by atoms with E-state index in [1.807, 2.05) is 35.7 Å². The van der Waals surface area contributed by atoms with Crippen LogP contribution in [0.15, 0.2) is 70.9 Å². The number of anilines is 1. The SMILES string of the molecule is CC1CCN(Cc2csc(NC(=O)CN(Cc3ccccc3)S(=O)(=O)c3ccccc3)n2)CC1. The Morgan fingerprint density at radius 3 is 2.41 bits per heavy atom. The van der Waals surface area contributed by atoms with E-state index >= 15 is 0 Å². The average molecular weight is 499 g/mol. The summed E-state index contributed by atoms with van der Waals surface area (Å²) in [5.41, 5.74) is 1.73. The van der Waals surface area contributed by atoms with Gasteiger partial charge in [-0.25, -0.2) is 13.4 Å². The topological polar surface area (TPSA) is 82.6 Å². The van der Waals surface area contributed by atoms with Crippen LogP contribution < -0.4 is 5.32 Å². The van der Waals surface area contributed by atoms with E-state index in [1.165, 1.54) is 28.5 Å². The molecule has 2 heterocycles. The molecule has 34 heavy (non-hydrogen) atoms. The zero-order valence-corrected chi connectivity index (χ0v) is 20.9.